The number of aromatic amines is 1. The molecule has 0 saturated heterocycles. The van der Waals surface area contributed by atoms with E-state index in [1.54, 1.807) is 0 Å². The molecule has 80 valence electrons. The fraction of sp³-hybridized carbons (Fsp3) is 0. The number of fused-ring (bicyclic) bond motifs is 6. The van der Waals surface area contributed by atoms with Gasteiger partial charge in [0, 0.05) is 46.3 Å². The van der Waals surface area contributed by atoms with Gasteiger partial charge in [-0.3, -0.25) is 9.97 Å². The van der Waals surface area contributed by atoms with Gasteiger partial charge in [-0.1, -0.05) is 6.07 Å². The topological polar surface area (TPSA) is 41.6 Å². The van der Waals surface area contributed by atoms with E-state index < -0.39 is 0 Å². The summed E-state index contributed by atoms with van der Waals surface area (Å²) in [4.78, 5) is 12.0. The molecule has 0 spiro atoms. The maximum absolute atomic E-state index is 4.47. The van der Waals surface area contributed by atoms with E-state index in [4.69, 9.17) is 0 Å². The first-order valence-electron chi connectivity index (χ1n) is 5.52. The summed E-state index contributed by atoms with van der Waals surface area (Å²) in [6, 6.07) is 8.18. The zero-order chi connectivity index (χ0) is 11.2. The van der Waals surface area contributed by atoms with Gasteiger partial charge >= 0.3 is 0 Å². The minimum atomic E-state index is 1.01. The number of H-pyrrole nitrogens is 1. The summed E-state index contributed by atoms with van der Waals surface area (Å²) in [7, 11) is 0. The molecule has 0 unspecified atom stereocenters. The molecule has 0 aliphatic heterocycles. The number of rotatable bonds is 0. The molecule has 0 aliphatic rings. The van der Waals surface area contributed by atoms with Crippen molar-refractivity contribution in [1.82, 2.24) is 15.0 Å². The van der Waals surface area contributed by atoms with Crippen LogP contribution in [0.2, 0.25) is 0 Å². The van der Waals surface area contributed by atoms with Crippen molar-refractivity contribution < 1.29 is 0 Å². The van der Waals surface area contributed by atoms with Crippen molar-refractivity contribution in [1.29, 1.82) is 0 Å². The van der Waals surface area contributed by atoms with Crippen molar-refractivity contribution in [3.05, 3.63) is 49.1 Å². The fourth-order valence-electron chi connectivity index (χ4n) is 2.43. The Morgan fingerprint density at radius 2 is 1.76 bits per heavy atom. The quantitative estimate of drug-likeness (QED) is 0.461. The SMILES string of the molecule is c1c[nH]c2c(c1)c1cncc1c1ncccc12. The largest absolute Gasteiger partial charge is 0.361 e. The van der Waals surface area contributed by atoms with Gasteiger partial charge in [-0.05, 0) is 18.2 Å². The zero-order valence-corrected chi connectivity index (χ0v) is 9.01. The molecule has 4 aromatic rings. The highest BCUT2D eigenvalue weighted by Crippen LogP contribution is 2.31. The van der Waals surface area contributed by atoms with Crippen molar-refractivity contribution in [3.63, 3.8) is 0 Å². The van der Waals surface area contributed by atoms with Crippen molar-refractivity contribution in [3.8, 4) is 0 Å². The Kier molecular flexibility index (Phi) is 1.56. The molecule has 0 aliphatic carbocycles. The molecule has 3 heterocycles. The number of nitrogens with zero attached hydrogens (tertiary/aromatic N) is 2. The number of pyridine rings is 2. The highest BCUT2D eigenvalue weighted by Gasteiger charge is 2.09. The number of hydrogen-bond donors (Lipinski definition) is 1. The standard InChI is InChI=1S/C14H9N3/c1-3-9-11-7-15-8-12(11)14-10(4-2-6-17-14)13(9)16-5-1/h1-8,16H. The highest BCUT2D eigenvalue weighted by molar-refractivity contribution is 6.22. The molecule has 0 amide bonds. The maximum Gasteiger partial charge on any atom is 0.0817 e. The summed E-state index contributed by atoms with van der Waals surface area (Å²) in [6.45, 7) is 0. The Labute approximate surface area is 97.1 Å². The smallest absolute Gasteiger partial charge is 0.0817 e. The zero-order valence-electron chi connectivity index (χ0n) is 9.01. The molecular weight excluding hydrogens is 210 g/mol. The molecule has 0 saturated carbocycles. The van der Waals surface area contributed by atoms with Gasteiger partial charge in [-0.15, -0.1) is 0 Å². The predicted molar refractivity (Wildman–Crippen MR) is 68.9 cm³/mol. The number of nitrogens with one attached hydrogen (secondary N) is 1. The Morgan fingerprint density at radius 3 is 2.76 bits per heavy atom. The average Bonchev–Trinajstić information content (AvgIpc) is 2.89. The van der Waals surface area contributed by atoms with Crippen LogP contribution in [-0.4, -0.2) is 15.0 Å². The van der Waals surface area contributed by atoms with E-state index in [9.17, 15) is 0 Å². The summed E-state index contributed by atoms with van der Waals surface area (Å²) in [5.41, 5.74) is 2.13. The molecule has 17 heavy (non-hydrogen) atoms. The van der Waals surface area contributed by atoms with Crippen LogP contribution in [0.4, 0.5) is 0 Å². The Morgan fingerprint density at radius 1 is 0.882 bits per heavy atom. The average molecular weight is 219 g/mol. The maximum atomic E-state index is 4.47. The fourth-order valence-corrected chi connectivity index (χ4v) is 2.43. The first-order valence-corrected chi connectivity index (χ1v) is 5.52. The summed E-state index contributed by atoms with van der Waals surface area (Å²) < 4.78 is 0. The van der Waals surface area contributed by atoms with Crippen molar-refractivity contribution in [2.24, 2.45) is 0 Å². The van der Waals surface area contributed by atoms with Gasteiger partial charge in [-0.2, -0.15) is 0 Å². The van der Waals surface area contributed by atoms with E-state index in [0.717, 1.165) is 27.2 Å². The molecule has 0 bridgehead atoms. The predicted octanol–water partition coefficient (Wildman–Crippen LogP) is 3.26. The normalized spacial score (nSPS) is 11.5. The lowest BCUT2D eigenvalue weighted by molar-refractivity contribution is 1.40. The van der Waals surface area contributed by atoms with E-state index in [-0.39, 0.29) is 0 Å². The van der Waals surface area contributed by atoms with Gasteiger partial charge in [0.1, 0.15) is 0 Å². The lowest BCUT2D eigenvalue weighted by Gasteiger charge is -2.05. The van der Waals surface area contributed by atoms with Crippen LogP contribution >= 0.6 is 0 Å². The summed E-state index contributed by atoms with van der Waals surface area (Å²) in [5, 5.41) is 4.61. The second-order valence-corrected chi connectivity index (χ2v) is 4.09. The molecule has 3 heteroatoms. The minimum Gasteiger partial charge on any atom is -0.361 e. The van der Waals surface area contributed by atoms with Gasteiger partial charge in [0.2, 0.25) is 0 Å². The third-order valence-electron chi connectivity index (χ3n) is 3.18. The summed E-state index contributed by atoms with van der Waals surface area (Å²) in [6.07, 6.45) is 7.55. The third kappa shape index (κ3) is 1.05. The van der Waals surface area contributed by atoms with E-state index in [1.165, 1.54) is 5.39 Å². The van der Waals surface area contributed by atoms with Crippen molar-refractivity contribution in [2.45, 2.75) is 0 Å². The molecule has 3 aromatic heterocycles. The first kappa shape index (κ1) is 8.70. The van der Waals surface area contributed by atoms with E-state index >= 15 is 0 Å². The minimum absolute atomic E-state index is 1.01. The van der Waals surface area contributed by atoms with Crippen LogP contribution < -0.4 is 0 Å². The van der Waals surface area contributed by atoms with Crippen LogP contribution in [0, 0.1) is 0 Å². The number of aromatic nitrogens is 3. The third-order valence-corrected chi connectivity index (χ3v) is 3.18. The molecule has 1 aromatic carbocycles. The molecular formula is C14H9N3. The van der Waals surface area contributed by atoms with E-state index in [0.29, 0.717) is 0 Å². The highest BCUT2D eigenvalue weighted by atomic mass is 14.7. The monoisotopic (exact) mass is 219 g/mol. The van der Waals surface area contributed by atoms with Crippen molar-refractivity contribution in [2.75, 3.05) is 0 Å². The van der Waals surface area contributed by atoms with Gasteiger partial charge in [-0.25, -0.2) is 0 Å². The molecule has 1 N–H and O–H groups in total. The Hall–Kier alpha value is -2.42. The second kappa shape index (κ2) is 3.04. The van der Waals surface area contributed by atoms with Gasteiger partial charge in [0.05, 0.1) is 11.0 Å². The number of hydrogen-bond acceptors (Lipinski definition) is 2. The summed E-state index contributed by atoms with van der Waals surface area (Å²) in [5.74, 6) is 0. The van der Waals surface area contributed by atoms with Crippen LogP contribution in [0.5, 0.6) is 0 Å². The number of benzene rings is 1. The van der Waals surface area contributed by atoms with Gasteiger partial charge in [0.25, 0.3) is 0 Å². The molecule has 4 rings (SSSR count). The molecule has 3 nitrogen and oxygen atoms in total. The first-order chi connectivity index (χ1) is 8.45. The molecule has 0 fully saturated rings. The lowest BCUT2D eigenvalue weighted by Crippen LogP contribution is -1.84. The van der Waals surface area contributed by atoms with Crippen LogP contribution in [0.3, 0.4) is 0 Å². The van der Waals surface area contributed by atoms with Gasteiger partial charge in [0.15, 0.2) is 0 Å². The van der Waals surface area contributed by atoms with E-state index in [2.05, 4.69) is 27.1 Å². The Bertz CT molecular complexity index is 776. The van der Waals surface area contributed by atoms with E-state index in [1.807, 2.05) is 36.9 Å². The van der Waals surface area contributed by atoms with Gasteiger partial charge < -0.3 is 4.98 Å². The summed E-state index contributed by atoms with van der Waals surface area (Å²) >= 11 is 0. The molecule has 0 radical (unpaired) electrons. The second-order valence-electron chi connectivity index (χ2n) is 4.09. The lowest BCUT2D eigenvalue weighted by atomic mass is 10.0. The molecule has 0 atom stereocenters. The van der Waals surface area contributed by atoms with Crippen LogP contribution in [0.25, 0.3) is 32.6 Å². The van der Waals surface area contributed by atoms with Crippen LogP contribution in [0.15, 0.2) is 49.1 Å². The van der Waals surface area contributed by atoms with Crippen LogP contribution in [0.1, 0.15) is 0 Å². The Balaban J connectivity index is 2.48. The van der Waals surface area contributed by atoms with Crippen LogP contribution in [-0.2, 0) is 0 Å². The van der Waals surface area contributed by atoms with Crippen molar-refractivity contribution >= 4 is 32.6 Å².